The van der Waals surface area contributed by atoms with Gasteiger partial charge in [-0.25, -0.2) is 9.37 Å². The van der Waals surface area contributed by atoms with Gasteiger partial charge in [0.1, 0.15) is 11.6 Å². The fourth-order valence-electron chi connectivity index (χ4n) is 3.23. The van der Waals surface area contributed by atoms with E-state index in [9.17, 15) is 4.79 Å². The normalized spacial score (nSPS) is 13.3. The summed E-state index contributed by atoms with van der Waals surface area (Å²) in [5.74, 6) is -0.463. The highest BCUT2D eigenvalue weighted by Crippen LogP contribution is 2.42. The summed E-state index contributed by atoms with van der Waals surface area (Å²) >= 11 is 6.40. The molecule has 1 fully saturated rings. The predicted octanol–water partition coefficient (Wildman–Crippen LogP) is 2.07. The molecule has 1 aromatic carbocycles. The lowest BCUT2D eigenvalue weighted by atomic mass is 10.1. The second kappa shape index (κ2) is 8.77. The number of anilines is 1. The minimum Gasteiger partial charge on any atom is -0.483 e. The van der Waals surface area contributed by atoms with E-state index in [1.807, 2.05) is 0 Å². The van der Waals surface area contributed by atoms with Crippen molar-refractivity contribution in [3.05, 3.63) is 35.6 Å². The second-order valence-electron chi connectivity index (χ2n) is 6.84. The van der Waals surface area contributed by atoms with E-state index in [2.05, 4.69) is 30.8 Å². The fraction of sp³-hybridized carbons (Fsp3) is 0.211. The molecule has 0 atom stereocenters. The number of fused-ring (bicyclic) bond motifs is 2. The average molecular weight is 462 g/mol. The van der Waals surface area contributed by atoms with Crippen LogP contribution in [0.4, 0.5) is 10.2 Å². The maximum Gasteiger partial charge on any atom is 0.290 e. The molecular weight excluding hydrogens is 445 g/mol. The second-order valence-corrected chi connectivity index (χ2v) is 7.22. The molecule has 0 radical (unpaired) electrons. The molecule has 0 unspecified atom stereocenters. The maximum absolute atomic E-state index is 15.1. The van der Waals surface area contributed by atoms with Crippen LogP contribution in [0.5, 0.6) is 5.75 Å². The minimum atomic E-state index is -0.670. The first-order valence-electron chi connectivity index (χ1n) is 9.34. The van der Waals surface area contributed by atoms with Gasteiger partial charge < -0.3 is 24.9 Å². The molecule has 1 aliphatic heterocycles. The molecule has 11 nitrogen and oxygen atoms in total. The zero-order valence-corrected chi connectivity index (χ0v) is 17.4. The third kappa shape index (κ3) is 3.92. The van der Waals surface area contributed by atoms with Crippen molar-refractivity contribution in [3.63, 3.8) is 0 Å². The van der Waals surface area contributed by atoms with Gasteiger partial charge in [0.15, 0.2) is 23.0 Å². The molecule has 32 heavy (non-hydrogen) atoms. The molecule has 5 rings (SSSR count). The molecular formula is C19H17ClFN7O4. The molecule has 4 aromatic rings. The first-order valence-corrected chi connectivity index (χ1v) is 9.72. The Kier molecular flexibility index (Phi) is 5.88. The van der Waals surface area contributed by atoms with Crippen LogP contribution >= 0.6 is 11.6 Å². The van der Waals surface area contributed by atoms with Crippen LogP contribution in [0.2, 0.25) is 5.02 Å². The molecule has 1 amide bonds. The summed E-state index contributed by atoms with van der Waals surface area (Å²) < 4.78 is 22.6. The minimum absolute atomic E-state index is 0.0504. The molecule has 0 bridgehead atoms. The molecule has 1 aliphatic rings. The standard InChI is InChI=1S/C18H15ClFN7O2.CH2O2/c1-8(28)24-12-7-27-6-11(22-5-13(27)25-12)14-10-4-23-26-17(10)18(16(20)15(14)19)29-9-2-21-3-9;2-1-3/h4-7,9,21H,2-3H2,1H3,(H,23,26)(H,24,28);1H,(H,2,3). The number of halogens is 2. The number of carbonyl (C=O) groups excluding carboxylic acids is 1. The average Bonchev–Trinajstić information content (AvgIpc) is 3.33. The zero-order chi connectivity index (χ0) is 22.8. The number of imidazole rings is 1. The van der Waals surface area contributed by atoms with Crippen LogP contribution in [0.3, 0.4) is 0 Å². The lowest BCUT2D eigenvalue weighted by molar-refractivity contribution is -0.123. The number of H-pyrrole nitrogens is 1. The van der Waals surface area contributed by atoms with Crippen LogP contribution in [0, 0.1) is 5.82 Å². The molecule has 0 aliphatic carbocycles. The van der Waals surface area contributed by atoms with Gasteiger partial charge in [0.25, 0.3) is 6.47 Å². The van der Waals surface area contributed by atoms with E-state index >= 15 is 4.39 Å². The van der Waals surface area contributed by atoms with Crippen molar-refractivity contribution < 1.29 is 23.8 Å². The summed E-state index contributed by atoms with van der Waals surface area (Å²) in [7, 11) is 0. The summed E-state index contributed by atoms with van der Waals surface area (Å²) in [6, 6.07) is 0. The Hall–Kier alpha value is -3.77. The number of benzene rings is 1. The van der Waals surface area contributed by atoms with E-state index in [1.165, 1.54) is 13.1 Å². The topological polar surface area (TPSA) is 147 Å². The summed E-state index contributed by atoms with van der Waals surface area (Å²) in [5, 5.41) is 19.9. The van der Waals surface area contributed by atoms with Gasteiger partial charge in [-0.15, -0.1) is 0 Å². The Labute approximate surface area is 184 Å². The van der Waals surface area contributed by atoms with E-state index in [0.29, 0.717) is 46.7 Å². The lowest BCUT2D eigenvalue weighted by Crippen LogP contribution is -2.50. The number of nitrogens with zero attached hydrogens (tertiary/aromatic N) is 4. The largest absolute Gasteiger partial charge is 0.483 e. The van der Waals surface area contributed by atoms with Crippen molar-refractivity contribution in [2.75, 3.05) is 18.4 Å². The summed E-state index contributed by atoms with van der Waals surface area (Å²) in [6.45, 7) is 2.43. The molecule has 1 saturated heterocycles. The summed E-state index contributed by atoms with van der Waals surface area (Å²) in [6.07, 6.45) is 6.26. The van der Waals surface area contributed by atoms with Crippen molar-refractivity contribution in [3.8, 4) is 17.0 Å². The first-order chi connectivity index (χ1) is 15.4. The van der Waals surface area contributed by atoms with E-state index in [1.54, 1.807) is 23.0 Å². The third-order valence-electron chi connectivity index (χ3n) is 4.68. The zero-order valence-electron chi connectivity index (χ0n) is 16.6. The van der Waals surface area contributed by atoms with Gasteiger partial charge in [0.2, 0.25) is 5.91 Å². The smallest absolute Gasteiger partial charge is 0.290 e. The van der Waals surface area contributed by atoms with Crippen molar-refractivity contribution in [1.29, 1.82) is 0 Å². The number of carboxylic acid groups (broad SMARTS) is 1. The van der Waals surface area contributed by atoms with E-state index in [0.717, 1.165) is 0 Å². The number of ether oxygens (including phenoxy) is 1. The molecule has 0 spiro atoms. The van der Waals surface area contributed by atoms with Crippen LogP contribution in [0.15, 0.2) is 24.8 Å². The molecule has 4 heterocycles. The van der Waals surface area contributed by atoms with Crippen LogP contribution < -0.4 is 15.4 Å². The lowest BCUT2D eigenvalue weighted by Gasteiger charge is -2.28. The quantitative estimate of drug-likeness (QED) is 0.338. The highest BCUT2D eigenvalue weighted by molar-refractivity contribution is 6.35. The molecule has 4 N–H and O–H groups in total. The van der Waals surface area contributed by atoms with Gasteiger partial charge in [-0.05, 0) is 0 Å². The van der Waals surface area contributed by atoms with Gasteiger partial charge in [0.05, 0.1) is 29.3 Å². The van der Waals surface area contributed by atoms with Crippen molar-refractivity contribution in [2.24, 2.45) is 0 Å². The molecule has 3 aromatic heterocycles. The molecule has 166 valence electrons. The highest BCUT2D eigenvalue weighted by atomic mass is 35.5. The number of aromatic amines is 1. The van der Waals surface area contributed by atoms with Gasteiger partial charge in [-0.1, -0.05) is 11.6 Å². The van der Waals surface area contributed by atoms with Gasteiger partial charge in [0, 0.05) is 37.2 Å². The van der Waals surface area contributed by atoms with Crippen LogP contribution in [0.1, 0.15) is 6.92 Å². The summed E-state index contributed by atoms with van der Waals surface area (Å²) in [4.78, 5) is 28.3. The Morgan fingerprint density at radius 2 is 2.16 bits per heavy atom. The highest BCUT2D eigenvalue weighted by Gasteiger charge is 2.27. The number of hydrogen-bond acceptors (Lipinski definition) is 7. The van der Waals surface area contributed by atoms with Crippen molar-refractivity contribution in [1.82, 2.24) is 29.9 Å². The van der Waals surface area contributed by atoms with Crippen molar-refractivity contribution in [2.45, 2.75) is 13.0 Å². The Morgan fingerprint density at radius 1 is 1.41 bits per heavy atom. The number of rotatable bonds is 4. The molecule has 0 saturated carbocycles. The van der Waals surface area contributed by atoms with E-state index < -0.39 is 5.82 Å². The number of nitrogens with one attached hydrogen (secondary N) is 3. The van der Waals surface area contributed by atoms with Gasteiger partial charge in [-0.2, -0.15) is 5.10 Å². The third-order valence-corrected chi connectivity index (χ3v) is 5.03. The number of aromatic nitrogens is 5. The van der Waals surface area contributed by atoms with Crippen LogP contribution in [-0.2, 0) is 9.59 Å². The Balaban J connectivity index is 0.000000775. The SMILES string of the molecule is CC(=O)Nc1cn2cc(-c3c(Cl)c(F)c(OC4CNC4)c4[nH]ncc34)ncc2n1.O=CO. The van der Waals surface area contributed by atoms with Crippen LogP contribution in [-0.4, -0.2) is 61.2 Å². The monoisotopic (exact) mass is 461 g/mol. The first kappa shape index (κ1) is 21.5. The maximum atomic E-state index is 15.1. The Bertz CT molecular complexity index is 1320. The van der Waals surface area contributed by atoms with E-state index in [4.69, 9.17) is 26.2 Å². The van der Waals surface area contributed by atoms with Gasteiger partial charge in [-0.3, -0.25) is 19.7 Å². The van der Waals surface area contributed by atoms with Crippen LogP contribution in [0.25, 0.3) is 27.8 Å². The molecule has 13 heteroatoms. The van der Waals surface area contributed by atoms with Gasteiger partial charge >= 0.3 is 0 Å². The van der Waals surface area contributed by atoms with E-state index in [-0.39, 0.29) is 29.3 Å². The number of hydrogen-bond donors (Lipinski definition) is 4. The summed E-state index contributed by atoms with van der Waals surface area (Å²) in [5.41, 5.74) is 1.76. The predicted molar refractivity (Wildman–Crippen MR) is 113 cm³/mol. The number of carbonyl (C=O) groups is 2. The fourth-order valence-corrected chi connectivity index (χ4v) is 3.51. The van der Waals surface area contributed by atoms with Crippen molar-refractivity contribution >= 4 is 46.3 Å². The number of amides is 1. The Morgan fingerprint density at radius 3 is 2.81 bits per heavy atom.